The molecule has 0 aromatic heterocycles. The van der Waals surface area contributed by atoms with E-state index in [1.165, 1.54) is 11.8 Å². The Labute approximate surface area is 183 Å². The summed E-state index contributed by atoms with van der Waals surface area (Å²) < 4.78 is 12.0. The van der Waals surface area contributed by atoms with Gasteiger partial charge < -0.3 is 14.8 Å². The molecule has 0 bridgehead atoms. The SMILES string of the molecule is Cc1cc(OCCCOc2ccc(Cl)cc2/C=C2\SC(=S)NC2=O)ccc1Cl. The van der Waals surface area contributed by atoms with Crippen molar-refractivity contribution >= 4 is 63.5 Å². The van der Waals surface area contributed by atoms with Crippen molar-refractivity contribution in [1.82, 2.24) is 5.32 Å². The van der Waals surface area contributed by atoms with Gasteiger partial charge in [-0.25, -0.2) is 0 Å². The molecule has 8 heteroatoms. The van der Waals surface area contributed by atoms with Crippen molar-refractivity contribution in [2.45, 2.75) is 13.3 Å². The molecule has 1 aliphatic heterocycles. The van der Waals surface area contributed by atoms with Crippen molar-refractivity contribution in [3.05, 3.63) is 62.5 Å². The third-order valence-electron chi connectivity index (χ3n) is 3.84. The van der Waals surface area contributed by atoms with Crippen molar-refractivity contribution in [1.29, 1.82) is 0 Å². The minimum absolute atomic E-state index is 0.215. The summed E-state index contributed by atoms with van der Waals surface area (Å²) in [6.45, 7) is 2.91. The molecule has 1 aliphatic rings. The number of thioether (sulfide) groups is 1. The highest BCUT2D eigenvalue weighted by atomic mass is 35.5. The number of nitrogens with one attached hydrogen (secondary N) is 1. The summed E-state index contributed by atoms with van der Waals surface area (Å²) in [4.78, 5) is 12.4. The maximum atomic E-state index is 11.9. The molecule has 4 nitrogen and oxygen atoms in total. The zero-order valence-corrected chi connectivity index (χ0v) is 18.1. The Morgan fingerprint density at radius 1 is 1.14 bits per heavy atom. The molecule has 2 aromatic carbocycles. The second-order valence-electron chi connectivity index (χ2n) is 6.00. The summed E-state index contributed by atoms with van der Waals surface area (Å²) in [7, 11) is 0. The summed E-state index contributed by atoms with van der Waals surface area (Å²) in [6, 6.07) is 10.9. The summed E-state index contributed by atoms with van der Waals surface area (Å²) in [6.07, 6.45) is 2.42. The Morgan fingerprint density at radius 2 is 1.93 bits per heavy atom. The number of amides is 1. The zero-order valence-electron chi connectivity index (χ0n) is 15.0. The molecule has 0 saturated carbocycles. The second-order valence-corrected chi connectivity index (χ2v) is 8.56. The fraction of sp³-hybridized carbons (Fsp3) is 0.200. The third kappa shape index (κ3) is 5.64. The van der Waals surface area contributed by atoms with Gasteiger partial charge in [-0.2, -0.15) is 0 Å². The van der Waals surface area contributed by atoms with Gasteiger partial charge in [0.05, 0.1) is 18.1 Å². The van der Waals surface area contributed by atoms with Crippen LogP contribution in [0.4, 0.5) is 0 Å². The van der Waals surface area contributed by atoms with E-state index in [2.05, 4.69) is 5.32 Å². The number of halogens is 2. The highest BCUT2D eigenvalue weighted by Crippen LogP contribution is 2.31. The van der Waals surface area contributed by atoms with Crippen LogP contribution in [-0.4, -0.2) is 23.4 Å². The van der Waals surface area contributed by atoms with E-state index in [0.717, 1.165) is 21.9 Å². The molecular formula is C20H17Cl2NO3S2. The molecule has 0 atom stereocenters. The maximum Gasteiger partial charge on any atom is 0.263 e. The number of hydrogen-bond acceptors (Lipinski definition) is 5. The number of aryl methyl sites for hydroxylation is 1. The van der Waals surface area contributed by atoms with Crippen molar-refractivity contribution in [2.24, 2.45) is 0 Å². The van der Waals surface area contributed by atoms with Crippen LogP contribution in [0, 0.1) is 6.92 Å². The minimum Gasteiger partial charge on any atom is -0.493 e. The fourth-order valence-electron chi connectivity index (χ4n) is 2.46. The van der Waals surface area contributed by atoms with E-state index in [-0.39, 0.29) is 5.91 Å². The smallest absolute Gasteiger partial charge is 0.263 e. The molecule has 2 aromatic rings. The van der Waals surface area contributed by atoms with Crippen molar-refractivity contribution < 1.29 is 14.3 Å². The van der Waals surface area contributed by atoms with E-state index in [9.17, 15) is 4.79 Å². The molecule has 1 amide bonds. The highest BCUT2D eigenvalue weighted by Gasteiger charge is 2.22. The molecule has 1 fully saturated rings. The van der Waals surface area contributed by atoms with Crippen LogP contribution in [0.1, 0.15) is 17.5 Å². The predicted octanol–water partition coefficient (Wildman–Crippen LogP) is 5.64. The number of hydrogen-bond donors (Lipinski definition) is 1. The van der Waals surface area contributed by atoms with Gasteiger partial charge in [0, 0.05) is 22.0 Å². The Morgan fingerprint density at radius 3 is 2.64 bits per heavy atom. The monoisotopic (exact) mass is 453 g/mol. The van der Waals surface area contributed by atoms with Crippen LogP contribution in [0.2, 0.25) is 10.0 Å². The lowest BCUT2D eigenvalue weighted by Crippen LogP contribution is -2.17. The summed E-state index contributed by atoms with van der Waals surface area (Å²) in [5, 5.41) is 3.87. The average molecular weight is 454 g/mol. The Bertz CT molecular complexity index is 947. The quantitative estimate of drug-likeness (QED) is 0.333. The van der Waals surface area contributed by atoms with Gasteiger partial charge in [0.2, 0.25) is 0 Å². The van der Waals surface area contributed by atoms with Gasteiger partial charge in [-0.05, 0) is 55.0 Å². The van der Waals surface area contributed by atoms with Gasteiger partial charge in [-0.3, -0.25) is 4.79 Å². The second kappa shape index (κ2) is 9.65. The summed E-state index contributed by atoms with van der Waals surface area (Å²) >= 11 is 18.3. The normalized spacial score (nSPS) is 15.0. The molecule has 1 saturated heterocycles. The first-order valence-corrected chi connectivity index (χ1v) is 10.5. The molecule has 1 N–H and O–H groups in total. The lowest BCUT2D eigenvalue weighted by Gasteiger charge is -2.11. The maximum absolute atomic E-state index is 11.9. The first-order chi connectivity index (χ1) is 13.4. The number of carbonyl (C=O) groups excluding carboxylic acids is 1. The number of rotatable bonds is 7. The molecular weight excluding hydrogens is 437 g/mol. The minimum atomic E-state index is -0.215. The predicted molar refractivity (Wildman–Crippen MR) is 120 cm³/mol. The van der Waals surface area contributed by atoms with Crippen LogP contribution in [-0.2, 0) is 4.79 Å². The van der Waals surface area contributed by atoms with Crippen LogP contribution in [0.3, 0.4) is 0 Å². The summed E-state index contributed by atoms with van der Waals surface area (Å²) in [5.41, 5.74) is 1.70. The Balaban J connectivity index is 1.57. The van der Waals surface area contributed by atoms with Gasteiger partial charge in [-0.15, -0.1) is 0 Å². The number of thiocarbonyl (C=S) groups is 1. The van der Waals surface area contributed by atoms with Crippen molar-refractivity contribution in [3.8, 4) is 11.5 Å². The van der Waals surface area contributed by atoms with Crippen LogP contribution >= 0.6 is 47.2 Å². The van der Waals surface area contributed by atoms with Crippen LogP contribution in [0.15, 0.2) is 41.3 Å². The van der Waals surface area contributed by atoms with Crippen molar-refractivity contribution in [2.75, 3.05) is 13.2 Å². The van der Waals surface area contributed by atoms with Crippen molar-refractivity contribution in [3.63, 3.8) is 0 Å². The lowest BCUT2D eigenvalue weighted by atomic mass is 10.2. The number of carbonyl (C=O) groups is 1. The van der Waals surface area contributed by atoms with Gasteiger partial charge in [-0.1, -0.05) is 47.2 Å². The van der Waals surface area contributed by atoms with Crippen LogP contribution < -0.4 is 14.8 Å². The highest BCUT2D eigenvalue weighted by molar-refractivity contribution is 8.26. The van der Waals surface area contributed by atoms with Crippen LogP contribution in [0.5, 0.6) is 11.5 Å². The van der Waals surface area contributed by atoms with Gasteiger partial charge in [0.25, 0.3) is 5.91 Å². The van der Waals surface area contributed by atoms with E-state index >= 15 is 0 Å². The van der Waals surface area contributed by atoms with E-state index in [0.29, 0.717) is 39.6 Å². The summed E-state index contributed by atoms with van der Waals surface area (Å²) in [5.74, 6) is 1.21. The third-order valence-corrected chi connectivity index (χ3v) is 5.67. The molecule has 0 unspecified atom stereocenters. The largest absolute Gasteiger partial charge is 0.493 e. The topological polar surface area (TPSA) is 47.6 Å². The Kier molecular flexibility index (Phi) is 7.24. The Hall–Kier alpha value is -1.73. The van der Waals surface area contributed by atoms with E-state index < -0.39 is 0 Å². The van der Waals surface area contributed by atoms with E-state index in [4.69, 9.17) is 44.9 Å². The van der Waals surface area contributed by atoms with Crippen LogP contribution in [0.25, 0.3) is 6.08 Å². The van der Waals surface area contributed by atoms with Gasteiger partial charge in [0.15, 0.2) is 0 Å². The van der Waals surface area contributed by atoms with Gasteiger partial charge in [0.1, 0.15) is 15.8 Å². The number of benzene rings is 2. The standard InChI is InChI=1S/C20H17Cl2NO3S2/c1-12-9-15(4-5-16(12)22)25-7-2-8-26-17-6-3-14(21)10-13(17)11-18-19(24)23-20(27)28-18/h3-6,9-11H,2,7-8H2,1H3,(H,23,24,27)/b18-11-. The molecule has 146 valence electrons. The molecule has 0 aliphatic carbocycles. The van der Waals surface area contributed by atoms with E-state index in [1.807, 2.05) is 25.1 Å². The molecule has 1 heterocycles. The lowest BCUT2D eigenvalue weighted by molar-refractivity contribution is -0.115. The molecule has 0 radical (unpaired) electrons. The number of ether oxygens (including phenoxy) is 2. The van der Waals surface area contributed by atoms with E-state index in [1.54, 1.807) is 24.3 Å². The molecule has 28 heavy (non-hydrogen) atoms. The fourth-order valence-corrected chi connectivity index (χ4v) is 3.80. The first kappa shape index (κ1) is 21.0. The molecule has 3 rings (SSSR count). The average Bonchev–Trinajstić information content (AvgIpc) is 2.96. The van der Waals surface area contributed by atoms with Gasteiger partial charge >= 0.3 is 0 Å². The first-order valence-electron chi connectivity index (χ1n) is 8.48. The zero-order chi connectivity index (χ0) is 20.1. The molecule has 0 spiro atoms.